The van der Waals surface area contributed by atoms with E-state index in [0.717, 1.165) is 11.1 Å². The van der Waals surface area contributed by atoms with Crippen molar-refractivity contribution < 1.29 is 18.0 Å². The second-order valence-electron chi connectivity index (χ2n) is 6.28. The molecule has 1 N–H and O–H groups in total. The fourth-order valence-corrected chi connectivity index (χ4v) is 4.65. The molecule has 0 bridgehead atoms. The summed E-state index contributed by atoms with van der Waals surface area (Å²) < 4.78 is 32.3. The van der Waals surface area contributed by atoms with Crippen molar-refractivity contribution in [1.29, 1.82) is 0 Å². The second kappa shape index (κ2) is 6.62. The van der Waals surface area contributed by atoms with Gasteiger partial charge in [0.05, 0.1) is 0 Å². The smallest absolute Gasteiger partial charge is 0.220 e. The summed E-state index contributed by atoms with van der Waals surface area (Å²) in [5, 5.41) is 14.0. The SMILES string of the molecule is O=S(=O)(Cc1noc2ccccc12)N1CCN(c2ccc(O)cc2)CC1. The summed E-state index contributed by atoms with van der Waals surface area (Å²) in [6.45, 7) is 2.03. The van der Waals surface area contributed by atoms with Gasteiger partial charge in [-0.25, -0.2) is 8.42 Å². The van der Waals surface area contributed by atoms with Gasteiger partial charge in [-0.3, -0.25) is 0 Å². The number of piperazine rings is 1. The lowest BCUT2D eigenvalue weighted by Crippen LogP contribution is -2.49. The lowest BCUT2D eigenvalue weighted by Gasteiger charge is -2.35. The van der Waals surface area contributed by atoms with E-state index in [2.05, 4.69) is 10.1 Å². The average Bonchev–Trinajstić information content (AvgIpc) is 3.05. The van der Waals surface area contributed by atoms with E-state index in [1.165, 1.54) is 4.31 Å². The van der Waals surface area contributed by atoms with Crippen molar-refractivity contribution in [2.75, 3.05) is 31.1 Å². The molecule has 0 radical (unpaired) electrons. The maximum absolute atomic E-state index is 12.8. The van der Waals surface area contributed by atoms with E-state index in [9.17, 15) is 13.5 Å². The van der Waals surface area contributed by atoms with E-state index in [-0.39, 0.29) is 11.5 Å². The molecule has 1 fully saturated rings. The fourth-order valence-electron chi connectivity index (χ4n) is 3.19. The predicted molar refractivity (Wildman–Crippen MR) is 98.5 cm³/mol. The summed E-state index contributed by atoms with van der Waals surface area (Å²) in [4.78, 5) is 2.11. The summed E-state index contributed by atoms with van der Waals surface area (Å²) in [7, 11) is -3.47. The Morgan fingerprint density at radius 2 is 1.69 bits per heavy atom. The fraction of sp³-hybridized carbons (Fsp3) is 0.278. The summed E-state index contributed by atoms with van der Waals surface area (Å²) in [5.74, 6) is 0.0539. The highest BCUT2D eigenvalue weighted by Gasteiger charge is 2.28. The van der Waals surface area contributed by atoms with Crippen molar-refractivity contribution in [2.24, 2.45) is 0 Å². The number of para-hydroxylation sites is 1. The van der Waals surface area contributed by atoms with Crippen molar-refractivity contribution in [3.8, 4) is 5.75 Å². The molecule has 3 aromatic rings. The van der Waals surface area contributed by atoms with Crippen LogP contribution in [0.3, 0.4) is 0 Å². The van der Waals surface area contributed by atoms with Crippen LogP contribution in [0.1, 0.15) is 5.69 Å². The molecule has 0 saturated carbocycles. The Hall–Kier alpha value is -2.58. The number of nitrogens with zero attached hydrogens (tertiary/aromatic N) is 3. The number of hydrogen-bond acceptors (Lipinski definition) is 6. The van der Waals surface area contributed by atoms with E-state index in [1.807, 2.05) is 30.3 Å². The minimum atomic E-state index is -3.47. The molecule has 0 atom stereocenters. The van der Waals surface area contributed by atoms with E-state index in [0.29, 0.717) is 37.5 Å². The van der Waals surface area contributed by atoms with Gasteiger partial charge in [0.25, 0.3) is 0 Å². The zero-order valence-corrected chi connectivity index (χ0v) is 14.9. The summed E-state index contributed by atoms with van der Waals surface area (Å²) in [6.07, 6.45) is 0. The van der Waals surface area contributed by atoms with E-state index < -0.39 is 10.0 Å². The number of phenols is 1. The normalized spacial score (nSPS) is 16.2. The van der Waals surface area contributed by atoms with Crippen molar-refractivity contribution in [3.63, 3.8) is 0 Å². The van der Waals surface area contributed by atoms with Gasteiger partial charge in [0, 0.05) is 37.3 Å². The minimum Gasteiger partial charge on any atom is -0.508 e. The number of benzene rings is 2. The molecule has 26 heavy (non-hydrogen) atoms. The van der Waals surface area contributed by atoms with E-state index in [1.54, 1.807) is 18.2 Å². The Morgan fingerprint density at radius 1 is 1.00 bits per heavy atom. The molecule has 2 aromatic carbocycles. The lowest BCUT2D eigenvalue weighted by molar-refractivity contribution is 0.383. The number of sulfonamides is 1. The monoisotopic (exact) mass is 373 g/mol. The van der Waals surface area contributed by atoms with Crippen LogP contribution in [-0.2, 0) is 15.8 Å². The van der Waals surface area contributed by atoms with Crippen molar-refractivity contribution in [1.82, 2.24) is 9.46 Å². The van der Waals surface area contributed by atoms with Crippen LogP contribution in [0.2, 0.25) is 0 Å². The molecule has 136 valence electrons. The number of phenolic OH excluding ortho intramolecular Hbond substituents is 1. The highest BCUT2D eigenvalue weighted by Crippen LogP contribution is 2.23. The molecule has 0 spiro atoms. The topological polar surface area (TPSA) is 86.9 Å². The molecule has 1 aromatic heterocycles. The number of aromatic nitrogens is 1. The Kier molecular flexibility index (Phi) is 4.29. The number of rotatable bonds is 4. The minimum absolute atomic E-state index is 0.163. The average molecular weight is 373 g/mol. The Bertz CT molecular complexity index is 1010. The third-order valence-corrected chi connectivity index (χ3v) is 6.41. The van der Waals surface area contributed by atoms with E-state index >= 15 is 0 Å². The molecule has 7 nitrogen and oxygen atoms in total. The van der Waals surface area contributed by atoms with Crippen molar-refractivity contribution in [2.45, 2.75) is 5.75 Å². The first-order valence-corrected chi connectivity index (χ1v) is 9.99. The Balaban J connectivity index is 1.45. The van der Waals surface area contributed by atoms with Crippen LogP contribution in [0.4, 0.5) is 5.69 Å². The Morgan fingerprint density at radius 3 is 2.42 bits per heavy atom. The first kappa shape index (κ1) is 16.9. The second-order valence-corrected chi connectivity index (χ2v) is 8.25. The first-order valence-electron chi connectivity index (χ1n) is 8.38. The number of fused-ring (bicyclic) bond motifs is 1. The summed E-state index contributed by atoms with van der Waals surface area (Å²) in [6, 6.07) is 14.2. The van der Waals surface area contributed by atoms with Crippen LogP contribution < -0.4 is 4.90 Å². The van der Waals surface area contributed by atoms with Gasteiger partial charge in [-0.15, -0.1) is 0 Å². The standard InChI is InChI=1S/C18H19N3O4S/c22-15-7-5-14(6-8-15)20-9-11-21(12-10-20)26(23,24)13-17-16-3-1-2-4-18(16)25-19-17/h1-8,22H,9-13H2. The van der Waals surface area contributed by atoms with Gasteiger partial charge in [-0.2, -0.15) is 4.31 Å². The molecule has 1 aliphatic heterocycles. The zero-order chi connectivity index (χ0) is 18.1. The first-order chi connectivity index (χ1) is 12.5. The van der Waals surface area contributed by atoms with Crippen LogP contribution in [0.15, 0.2) is 53.1 Å². The molecule has 0 unspecified atom stereocenters. The molecule has 0 aliphatic carbocycles. The van der Waals surface area contributed by atoms with Gasteiger partial charge in [-0.05, 0) is 36.4 Å². The molecule has 1 aliphatic rings. The predicted octanol–water partition coefficient (Wildman–Crippen LogP) is 2.19. The highest BCUT2D eigenvalue weighted by atomic mass is 32.2. The summed E-state index contributed by atoms with van der Waals surface area (Å²) in [5.41, 5.74) is 2.01. The summed E-state index contributed by atoms with van der Waals surface area (Å²) >= 11 is 0. The van der Waals surface area contributed by atoms with Crippen LogP contribution >= 0.6 is 0 Å². The van der Waals surface area contributed by atoms with Crippen LogP contribution in [-0.4, -0.2) is 49.2 Å². The molecule has 2 heterocycles. The van der Waals surface area contributed by atoms with Crippen LogP contribution in [0, 0.1) is 0 Å². The van der Waals surface area contributed by atoms with Gasteiger partial charge in [0.2, 0.25) is 10.0 Å². The largest absolute Gasteiger partial charge is 0.508 e. The number of aromatic hydroxyl groups is 1. The third-order valence-electron chi connectivity index (χ3n) is 4.62. The molecular weight excluding hydrogens is 354 g/mol. The maximum atomic E-state index is 12.8. The van der Waals surface area contributed by atoms with Crippen molar-refractivity contribution >= 4 is 26.7 Å². The molecule has 1 saturated heterocycles. The quantitative estimate of drug-likeness (QED) is 0.754. The maximum Gasteiger partial charge on any atom is 0.220 e. The van der Waals surface area contributed by atoms with Gasteiger partial charge in [-0.1, -0.05) is 17.3 Å². The van der Waals surface area contributed by atoms with Gasteiger partial charge in [0.15, 0.2) is 5.58 Å². The number of hydrogen-bond donors (Lipinski definition) is 1. The Labute approximate surface area is 151 Å². The molecular formula is C18H19N3O4S. The molecule has 8 heteroatoms. The molecule has 4 rings (SSSR count). The lowest BCUT2D eigenvalue weighted by atomic mass is 10.2. The van der Waals surface area contributed by atoms with Gasteiger partial charge < -0.3 is 14.5 Å². The number of anilines is 1. The van der Waals surface area contributed by atoms with Crippen LogP contribution in [0.25, 0.3) is 11.0 Å². The highest BCUT2D eigenvalue weighted by molar-refractivity contribution is 7.88. The van der Waals surface area contributed by atoms with E-state index in [4.69, 9.17) is 4.52 Å². The molecule has 0 amide bonds. The third kappa shape index (κ3) is 3.25. The van der Waals surface area contributed by atoms with Crippen molar-refractivity contribution in [3.05, 3.63) is 54.2 Å². The zero-order valence-electron chi connectivity index (χ0n) is 14.1. The van der Waals surface area contributed by atoms with Crippen LogP contribution in [0.5, 0.6) is 5.75 Å². The van der Waals surface area contributed by atoms with Gasteiger partial charge >= 0.3 is 0 Å². The van der Waals surface area contributed by atoms with Gasteiger partial charge in [0.1, 0.15) is 17.2 Å².